The van der Waals surface area contributed by atoms with Crippen molar-refractivity contribution in [2.24, 2.45) is 0 Å². The first-order chi connectivity index (χ1) is 6.48. The van der Waals surface area contributed by atoms with Crippen molar-refractivity contribution in [3.05, 3.63) is 30.1 Å². The smallest absolute Gasteiger partial charge is 0.264 e. The van der Waals surface area contributed by atoms with Crippen LogP contribution in [-0.2, 0) is 10.0 Å². The van der Waals surface area contributed by atoms with Crippen LogP contribution in [0.1, 0.15) is 6.92 Å². The molecule has 0 spiro atoms. The molecule has 0 bridgehead atoms. The van der Waals surface area contributed by atoms with Crippen LogP contribution in [0.4, 0.5) is 4.39 Å². The Morgan fingerprint density at radius 1 is 1.36 bits per heavy atom. The van der Waals surface area contributed by atoms with Crippen molar-refractivity contribution in [3.63, 3.8) is 0 Å². The second-order valence-electron chi connectivity index (χ2n) is 2.60. The van der Waals surface area contributed by atoms with Gasteiger partial charge < -0.3 is 0 Å². The average molecular weight is 219 g/mol. The third-order valence-electron chi connectivity index (χ3n) is 1.66. The summed E-state index contributed by atoms with van der Waals surface area (Å²) in [7, 11) is -3.88. The van der Waals surface area contributed by atoms with Crippen LogP contribution in [-0.4, -0.2) is 24.6 Å². The van der Waals surface area contributed by atoms with Crippen LogP contribution < -0.4 is 0 Å². The van der Waals surface area contributed by atoms with Gasteiger partial charge in [0.15, 0.2) is 0 Å². The lowest BCUT2D eigenvalue weighted by Crippen LogP contribution is -2.27. The second-order valence-corrected chi connectivity index (χ2v) is 4.44. The van der Waals surface area contributed by atoms with Crippen molar-refractivity contribution >= 4 is 10.0 Å². The molecule has 0 aliphatic carbocycles. The predicted molar refractivity (Wildman–Crippen MR) is 47.8 cm³/mol. The highest BCUT2D eigenvalue weighted by molar-refractivity contribution is 7.89. The van der Waals surface area contributed by atoms with E-state index in [9.17, 15) is 12.8 Å². The Bertz CT molecular complexity index is 401. The fraction of sp³-hybridized carbons (Fsp3) is 0.250. The molecule has 0 unspecified atom stereocenters. The fourth-order valence-corrected chi connectivity index (χ4v) is 1.96. The first-order valence-corrected chi connectivity index (χ1v) is 5.39. The van der Waals surface area contributed by atoms with Crippen LogP contribution in [0, 0.1) is 5.82 Å². The summed E-state index contributed by atoms with van der Waals surface area (Å²) >= 11 is 0. The van der Waals surface area contributed by atoms with E-state index in [2.05, 4.69) is 0 Å². The van der Waals surface area contributed by atoms with Crippen LogP contribution in [0.3, 0.4) is 0 Å². The normalized spacial score (nSPS) is 12.0. The summed E-state index contributed by atoms with van der Waals surface area (Å²) in [6, 6.07) is 4.25. The predicted octanol–water partition coefficient (Wildman–Crippen LogP) is 1.23. The number of rotatable bonds is 3. The molecule has 0 aliphatic rings. The van der Waals surface area contributed by atoms with Crippen molar-refractivity contribution < 1.29 is 18.0 Å². The highest BCUT2D eigenvalue weighted by Crippen LogP contribution is 2.13. The van der Waals surface area contributed by atoms with Crippen molar-refractivity contribution in [1.29, 1.82) is 0 Å². The average Bonchev–Trinajstić information content (AvgIpc) is 2.17. The standard InChI is InChI=1S/C8H10FNO3S/c1-2-10(11)14(12,13)8-5-3-7(9)4-6-8/h3-6,11H,2H2,1H3. The van der Waals surface area contributed by atoms with Gasteiger partial charge >= 0.3 is 0 Å². The SMILES string of the molecule is CCN(O)S(=O)(=O)c1ccc(F)cc1. The molecule has 0 heterocycles. The molecular weight excluding hydrogens is 209 g/mol. The van der Waals surface area contributed by atoms with Gasteiger partial charge in [-0.15, -0.1) is 0 Å². The van der Waals surface area contributed by atoms with Gasteiger partial charge in [-0.3, -0.25) is 5.21 Å². The van der Waals surface area contributed by atoms with E-state index in [1.54, 1.807) is 0 Å². The Morgan fingerprint density at radius 2 is 1.86 bits per heavy atom. The van der Waals surface area contributed by atoms with E-state index in [1.807, 2.05) is 0 Å². The quantitative estimate of drug-likeness (QED) is 0.778. The molecule has 78 valence electrons. The monoisotopic (exact) mass is 219 g/mol. The zero-order valence-electron chi connectivity index (χ0n) is 7.51. The van der Waals surface area contributed by atoms with Gasteiger partial charge in [0.1, 0.15) is 5.82 Å². The molecule has 1 rings (SSSR count). The summed E-state index contributed by atoms with van der Waals surface area (Å²) in [5, 5.41) is 9.06. The van der Waals surface area contributed by atoms with Crippen molar-refractivity contribution in [3.8, 4) is 0 Å². The summed E-state index contributed by atoms with van der Waals surface area (Å²) in [5.41, 5.74) is 0. The van der Waals surface area contributed by atoms with Crippen LogP contribution in [0.5, 0.6) is 0 Å². The van der Waals surface area contributed by atoms with Gasteiger partial charge in [-0.25, -0.2) is 12.8 Å². The molecule has 1 N–H and O–H groups in total. The van der Waals surface area contributed by atoms with Crippen LogP contribution >= 0.6 is 0 Å². The van der Waals surface area contributed by atoms with E-state index in [1.165, 1.54) is 6.92 Å². The van der Waals surface area contributed by atoms with Crippen LogP contribution in [0.2, 0.25) is 0 Å². The molecule has 4 nitrogen and oxygen atoms in total. The maximum Gasteiger partial charge on any atom is 0.264 e. The number of sulfonamides is 1. The molecule has 0 radical (unpaired) electrons. The Labute approximate surface area is 81.6 Å². The molecule has 1 aromatic rings. The summed E-state index contributed by atoms with van der Waals surface area (Å²) in [5.74, 6) is -0.523. The Kier molecular flexibility index (Phi) is 3.20. The van der Waals surface area contributed by atoms with E-state index < -0.39 is 15.8 Å². The third-order valence-corrected chi connectivity index (χ3v) is 3.34. The zero-order valence-corrected chi connectivity index (χ0v) is 8.33. The maximum atomic E-state index is 12.5. The number of hydrogen-bond donors (Lipinski definition) is 1. The molecular formula is C8H10FNO3S. The van der Waals surface area contributed by atoms with E-state index in [0.29, 0.717) is 0 Å². The number of hydroxylamine groups is 1. The number of nitrogens with zero attached hydrogens (tertiary/aromatic N) is 1. The molecule has 0 aliphatic heterocycles. The van der Waals surface area contributed by atoms with Gasteiger partial charge in [0.25, 0.3) is 10.0 Å². The Balaban J connectivity index is 3.11. The summed E-state index contributed by atoms with van der Waals surface area (Å²) < 4.78 is 35.6. The Hall–Kier alpha value is -0.980. The number of hydrogen-bond acceptors (Lipinski definition) is 3. The molecule has 0 saturated heterocycles. The highest BCUT2D eigenvalue weighted by atomic mass is 32.2. The minimum absolute atomic E-state index is 0.0558. The summed E-state index contributed by atoms with van der Waals surface area (Å²) in [6.07, 6.45) is 0. The lowest BCUT2D eigenvalue weighted by atomic mass is 10.4. The minimum atomic E-state index is -3.88. The molecule has 1 aromatic carbocycles. The largest absolute Gasteiger partial charge is 0.299 e. The molecule has 0 aromatic heterocycles. The lowest BCUT2D eigenvalue weighted by Gasteiger charge is -2.12. The molecule has 6 heteroatoms. The highest BCUT2D eigenvalue weighted by Gasteiger charge is 2.20. The van der Waals surface area contributed by atoms with Gasteiger partial charge in [-0.1, -0.05) is 4.47 Å². The lowest BCUT2D eigenvalue weighted by molar-refractivity contribution is 0.00857. The number of halogens is 1. The van der Waals surface area contributed by atoms with Gasteiger partial charge in [0, 0.05) is 6.54 Å². The summed E-state index contributed by atoms with van der Waals surface area (Å²) in [4.78, 5) is -0.136. The minimum Gasteiger partial charge on any atom is -0.299 e. The van der Waals surface area contributed by atoms with Gasteiger partial charge in [0.2, 0.25) is 0 Å². The van der Waals surface area contributed by atoms with Crippen molar-refractivity contribution in [2.75, 3.05) is 6.54 Å². The third kappa shape index (κ3) is 2.09. The topological polar surface area (TPSA) is 57.6 Å². The molecule has 0 atom stereocenters. The second kappa shape index (κ2) is 4.04. The molecule has 0 amide bonds. The first-order valence-electron chi connectivity index (χ1n) is 3.95. The van der Waals surface area contributed by atoms with E-state index in [-0.39, 0.29) is 15.9 Å². The molecule has 0 fully saturated rings. The van der Waals surface area contributed by atoms with Gasteiger partial charge in [-0.05, 0) is 31.2 Å². The van der Waals surface area contributed by atoms with Crippen molar-refractivity contribution in [2.45, 2.75) is 11.8 Å². The van der Waals surface area contributed by atoms with Crippen LogP contribution in [0.25, 0.3) is 0 Å². The van der Waals surface area contributed by atoms with Crippen molar-refractivity contribution in [1.82, 2.24) is 4.47 Å². The maximum absolute atomic E-state index is 12.5. The molecule has 0 saturated carbocycles. The Morgan fingerprint density at radius 3 is 2.29 bits per heavy atom. The van der Waals surface area contributed by atoms with Gasteiger partial charge in [-0.2, -0.15) is 0 Å². The number of benzene rings is 1. The fourth-order valence-electron chi connectivity index (χ4n) is 0.898. The zero-order chi connectivity index (χ0) is 10.8. The molecule has 14 heavy (non-hydrogen) atoms. The summed E-state index contributed by atoms with van der Waals surface area (Å²) in [6.45, 7) is 1.43. The van der Waals surface area contributed by atoms with E-state index in [0.717, 1.165) is 24.3 Å². The van der Waals surface area contributed by atoms with E-state index in [4.69, 9.17) is 5.21 Å². The first kappa shape index (κ1) is 11.1. The van der Waals surface area contributed by atoms with Crippen LogP contribution in [0.15, 0.2) is 29.2 Å². The van der Waals surface area contributed by atoms with E-state index >= 15 is 0 Å². The van der Waals surface area contributed by atoms with Gasteiger partial charge in [0.05, 0.1) is 4.90 Å².